The Balaban J connectivity index is 1.97. The number of aryl methyl sites for hydroxylation is 2. The predicted molar refractivity (Wildman–Crippen MR) is 121 cm³/mol. The third-order valence-corrected chi connectivity index (χ3v) is 5.81. The van der Waals surface area contributed by atoms with Crippen LogP contribution in [0.25, 0.3) is 28.0 Å². The van der Waals surface area contributed by atoms with Crippen LogP contribution in [0.5, 0.6) is 0 Å². The first kappa shape index (κ1) is 19.4. The van der Waals surface area contributed by atoms with E-state index in [9.17, 15) is 0 Å². The van der Waals surface area contributed by atoms with E-state index in [2.05, 4.69) is 106 Å². The summed E-state index contributed by atoms with van der Waals surface area (Å²) in [6, 6.07) is 17.4. The normalized spacial score (nSPS) is 11.7. The van der Waals surface area contributed by atoms with Crippen molar-refractivity contribution in [2.24, 2.45) is 7.05 Å². The van der Waals surface area contributed by atoms with Crippen LogP contribution in [0.3, 0.4) is 0 Å². The Hall–Kier alpha value is -2.94. The highest BCUT2D eigenvalue weighted by Gasteiger charge is 2.21. The lowest BCUT2D eigenvalue weighted by Gasteiger charge is -2.20. The second-order valence-corrected chi connectivity index (χ2v) is 8.56. The van der Waals surface area contributed by atoms with Gasteiger partial charge < -0.3 is 0 Å². The van der Waals surface area contributed by atoms with E-state index in [0.717, 1.165) is 11.0 Å². The zero-order chi connectivity index (χ0) is 20.7. The topological polar surface area (TPSA) is 21.7 Å². The van der Waals surface area contributed by atoms with E-state index in [1.807, 2.05) is 6.33 Å². The summed E-state index contributed by atoms with van der Waals surface area (Å²) in [6.45, 7) is 11.2. The third-order valence-electron chi connectivity index (χ3n) is 5.81. The minimum Gasteiger partial charge on any atom is -0.293 e. The van der Waals surface area contributed by atoms with Gasteiger partial charge in [-0.3, -0.25) is 4.57 Å². The first-order chi connectivity index (χ1) is 13.9. The number of para-hydroxylation sites is 1. The molecule has 0 saturated heterocycles. The molecule has 0 bridgehead atoms. The average Bonchev–Trinajstić information content (AvgIpc) is 3.09. The number of benzene rings is 2. The van der Waals surface area contributed by atoms with Gasteiger partial charge in [0.1, 0.15) is 24.4 Å². The summed E-state index contributed by atoms with van der Waals surface area (Å²) < 4.78 is 4.50. The van der Waals surface area contributed by atoms with Crippen LogP contribution in [0.2, 0.25) is 0 Å². The highest BCUT2D eigenvalue weighted by atomic mass is 15.1. The Morgan fingerprint density at radius 2 is 1.55 bits per heavy atom. The van der Waals surface area contributed by atoms with Crippen molar-refractivity contribution in [2.75, 3.05) is 0 Å². The number of pyridine rings is 1. The fraction of sp³-hybridized carbons (Fsp3) is 0.308. The third kappa shape index (κ3) is 3.35. The van der Waals surface area contributed by atoms with E-state index >= 15 is 0 Å². The molecule has 3 heteroatoms. The highest BCUT2D eigenvalue weighted by Crippen LogP contribution is 2.33. The zero-order valence-corrected chi connectivity index (χ0v) is 18.3. The van der Waals surface area contributed by atoms with Gasteiger partial charge in [-0.25, -0.2) is 4.98 Å². The number of hydrogen-bond donors (Lipinski definition) is 0. The molecule has 2 aromatic heterocycles. The van der Waals surface area contributed by atoms with Crippen molar-refractivity contribution in [2.45, 2.75) is 46.5 Å². The van der Waals surface area contributed by atoms with E-state index in [-0.39, 0.29) is 0 Å². The molecule has 3 nitrogen and oxygen atoms in total. The molecule has 2 aromatic carbocycles. The maximum absolute atomic E-state index is 4.80. The van der Waals surface area contributed by atoms with Crippen molar-refractivity contribution < 1.29 is 4.57 Å². The number of aromatic nitrogens is 3. The van der Waals surface area contributed by atoms with Crippen molar-refractivity contribution in [3.05, 3.63) is 77.7 Å². The Labute approximate surface area is 173 Å². The van der Waals surface area contributed by atoms with Gasteiger partial charge in [0.2, 0.25) is 5.69 Å². The second-order valence-electron chi connectivity index (χ2n) is 8.56. The summed E-state index contributed by atoms with van der Waals surface area (Å²) in [5.41, 5.74) is 9.87. The van der Waals surface area contributed by atoms with Gasteiger partial charge in [-0.1, -0.05) is 64.1 Å². The summed E-state index contributed by atoms with van der Waals surface area (Å²) >= 11 is 0. The molecule has 0 fully saturated rings. The monoisotopic (exact) mass is 384 g/mol. The molecule has 0 atom stereocenters. The minimum absolute atomic E-state index is 0.446. The second kappa shape index (κ2) is 7.47. The average molecular weight is 385 g/mol. The molecule has 0 saturated carbocycles. The largest absolute Gasteiger partial charge is 0.293 e. The van der Waals surface area contributed by atoms with Gasteiger partial charge >= 0.3 is 0 Å². The maximum atomic E-state index is 4.80. The van der Waals surface area contributed by atoms with Crippen LogP contribution >= 0.6 is 0 Å². The van der Waals surface area contributed by atoms with E-state index in [0.29, 0.717) is 11.8 Å². The molecule has 4 rings (SSSR count). The van der Waals surface area contributed by atoms with Gasteiger partial charge in [-0.2, -0.15) is 4.57 Å². The molecule has 0 aliphatic rings. The fourth-order valence-corrected chi connectivity index (χ4v) is 4.19. The molecule has 148 valence electrons. The smallest absolute Gasteiger partial charge is 0.214 e. The van der Waals surface area contributed by atoms with Crippen LogP contribution < -0.4 is 4.57 Å². The van der Waals surface area contributed by atoms with E-state index in [1.165, 1.54) is 33.6 Å². The quantitative estimate of drug-likeness (QED) is 0.391. The Kier molecular flexibility index (Phi) is 4.99. The number of rotatable bonds is 4. The molecule has 2 heterocycles. The van der Waals surface area contributed by atoms with Crippen LogP contribution in [-0.4, -0.2) is 9.55 Å². The summed E-state index contributed by atoms with van der Waals surface area (Å²) in [7, 11) is 2.12. The molecular formula is C26H30N3+. The molecule has 0 spiro atoms. The predicted octanol–water partition coefficient (Wildman–Crippen LogP) is 6.07. The number of fused-ring (bicyclic) bond motifs is 1. The molecule has 0 aliphatic heterocycles. The first-order valence-corrected chi connectivity index (χ1v) is 10.4. The van der Waals surface area contributed by atoms with E-state index in [1.54, 1.807) is 0 Å². The van der Waals surface area contributed by atoms with Gasteiger partial charge in [0.05, 0.1) is 5.69 Å². The van der Waals surface area contributed by atoms with Crippen molar-refractivity contribution in [3.63, 3.8) is 0 Å². The van der Waals surface area contributed by atoms with Crippen molar-refractivity contribution >= 4 is 11.0 Å². The van der Waals surface area contributed by atoms with Crippen LogP contribution in [0.4, 0.5) is 0 Å². The summed E-state index contributed by atoms with van der Waals surface area (Å²) in [6.07, 6.45) is 4.20. The number of hydrogen-bond acceptors (Lipinski definition) is 1. The van der Waals surface area contributed by atoms with Crippen LogP contribution in [-0.2, 0) is 7.05 Å². The lowest BCUT2D eigenvalue weighted by atomic mass is 9.92. The lowest BCUT2D eigenvalue weighted by Crippen LogP contribution is -2.31. The minimum atomic E-state index is 0.446. The fourth-order valence-electron chi connectivity index (χ4n) is 4.19. The Morgan fingerprint density at radius 3 is 2.17 bits per heavy atom. The molecule has 0 aliphatic carbocycles. The molecular weight excluding hydrogens is 354 g/mol. The van der Waals surface area contributed by atoms with Crippen molar-refractivity contribution in [1.29, 1.82) is 0 Å². The standard InChI is InChI=1S/C26H30N3/c1-17(2)20-12-9-13-21(18(3)4)26(20)29-16-27-23-14-24(28(6)15-25(23)29)22-11-8-7-10-19(22)5/h7-18H,1-6H3/q+1. The molecule has 0 N–H and O–H groups in total. The Bertz CT molecular complexity index is 1160. The summed E-state index contributed by atoms with van der Waals surface area (Å²) in [4.78, 5) is 4.80. The SMILES string of the molecule is Cc1ccccc1-c1cc2ncn(-c3c(C(C)C)cccc3C(C)C)c2c[n+]1C. The first-order valence-electron chi connectivity index (χ1n) is 10.4. The van der Waals surface area contributed by atoms with Crippen LogP contribution in [0.1, 0.15) is 56.2 Å². The summed E-state index contributed by atoms with van der Waals surface area (Å²) in [5, 5.41) is 0. The summed E-state index contributed by atoms with van der Waals surface area (Å²) in [5.74, 6) is 0.891. The van der Waals surface area contributed by atoms with Gasteiger partial charge in [-0.15, -0.1) is 0 Å². The number of imidazole rings is 1. The van der Waals surface area contributed by atoms with Gasteiger partial charge in [0, 0.05) is 11.6 Å². The van der Waals surface area contributed by atoms with Crippen LogP contribution in [0.15, 0.2) is 61.1 Å². The molecule has 0 radical (unpaired) electrons. The van der Waals surface area contributed by atoms with Crippen molar-refractivity contribution in [3.8, 4) is 16.9 Å². The van der Waals surface area contributed by atoms with E-state index < -0.39 is 0 Å². The van der Waals surface area contributed by atoms with Gasteiger partial charge in [0.15, 0.2) is 6.20 Å². The lowest BCUT2D eigenvalue weighted by molar-refractivity contribution is -0.659. The van der Waals surface area contributed by atoms with E-state index in [4.69, 9.17) is 4.98 Å². The number of nitrogens with zero attached hydrogens (tertiary/aromatic N) is 3. The Morgan fingerprint density at radius 1 is 0.897 bits per heavy atom. The zero-order valence-electron chi connectivity index (χ0n) is 18.3. The van der Waals surface area contributed by atoms with Crippen LogP contribution in [0, 0.1) is 6.92 Å². The molecule has 4 aromatic rings. The molecule has 0 amide bonds. The van der Waals surface area contributed by atoms with Crippen molar-refractivity contribution in [1.82, 2.24) is 9.55 Å². The molecule has 29 heavy (non-hydrogen) atoms. The molecule has 0 unspecified atom stereocenters. The van der Waals surface area contributed by atoms with Gasteiger partial charge in [-0.05, 0) is 41.5 Å². The van der Waals surface area contributed by atoms with Gasteiger partial charge in [0.25, 0.3) is 0 Å². The maximum Gasteiger partial charge on any atom is 0.214 e. The highest BCUT2D eigenvalue weighted by molar-refractivity contribution is 5.80.